The molecule has 0 spiro atoms. The first-order valence-corrected chi connectivity index (χ1v) is 16.8. The predicted molar refractivity (Wildman–Crippen MR) is 173 cm³/mol. The predicted octanol–water partition coefficient (Wildman–Crippen LogP) is 7.33. The van der Waals surface area contributed by atoms with Crippen LogP contribution in [0.5, 0.6) is 0 Å². The fourth-order valence-corrected chi connectivity index (χ4v) is 7.15. The van der Waals surface area contributed by atoms with Crippen LogP contribution in [0.4, 0.5) is 5.69 Å². The highest BCUT2D eigenvalue weighted by atomic mass is 35.5. The maximum Gasteiger partial charge on any atom is 0.264 e. The van der Waals surface area contributed by atoms with Crippen molar-refractivity contribution in [3.63, 3.8) is 0 Å². The largest absolute Gasteiger partial charge is 0.352 e. The van der Waals surface area contributed by atoms with Crippen molar-refractivity contribution in [3.8, 4) is 0 Å². The molecule has 0 bridgehead atoms. The molecule has 1 aliphatic rings. The van der Waals surface area contributed by atoms with Crippen molar-refractivity contribution in [2.75, 3.05) is 10.8 Å². The van der Waals surface area contributed by atoms with Crippen LogP contribution in [0.1, 0.15) is 55.7 Å². The van der Waals surface area contributed by atoms with E-state index in [0.717, 1.165) is 42.0 Å². The van der Waals surface area contributed by atoms with Crippen LogP contribution in [-0.2, 0) is 26.2 Å². The number of nitrogens with zero attached hydrogens (tertiary/aromatic N) is 2. The molecule has 1 fully saturated rings. The maximum absolute atomic E-state index is 14.2. The number of sulfonamides is 1. The molecule has 2 amide bonds. The Morgan fingerprint density at radius 2 is 1.58 bits per heavy atom. The highest BCUT2D eigenvalue weighted by Gasteiger charge is 2.34. The van der Waals surface area contributed by atoms with Gasteiger partial charge in [0.25, 0.3) is 10.0 Å². The summed E-state index contributed by atoms with van der Waals surface area (Å²) in [4.78, 5) is 29.1. The molecule has 1 atom stereocenters. The molecule has 0 unspecified atom stereocenters. The van der Waals surface area contributed by atoms with Crippen molar-refractivity contribution in [1.29, 1.82) is 0 Å². The van der Waals surface area contributed by atoms with Gasteiger partial charge in [0.1, 0.15) is 12.6 Å². The Labute approximate surface area is 269 Å². The first kappa shape index (κ1) is 33.1. The Hall–Kier alpha value is -2.78. The monoisotopic (exact) mass is 663 g/mol. The van der Waals surface area contributed by atoms with Gasteiger partial charge in [-0.05, 0) is 81.1 Å². The Morgan fingerprint density at radius 3 is 2.23 bits per heavy atom. The first-order valence-electron chi connectivity index (χ1n) is 14.3. The molecule has 0 saturated heterocycles. The van der Waals surface area contributed by atoms with E-state index in [2.05, 4.69) is 5.32 Å². The van der Waals surface area contributed by atoms with Gasteiger partial charge in [0.2, 0.25) is 11.8 Å². The van der Waals surface area contributed by atoms with Crippen LogP contribution < -0.4 is 9.62 Å². The summed E-state index contributed by atoms with van der Waals surface area (Å²) in [6, 6.07) is 15.4. The molecule has 1 saturated carbocycles. The fraction of sp³-hybridized carbons (Fsp3) is 0.375. The summed E-state index contributed by atoms with van der Waals surface area (Å²) in [6.45, 7) is 4.72. The van der Waals surface area contributed by atoms with Crippen LogP contribution in [-0.4, -0.2) is 43.8 Å². The van der Waals surface area contributed by atoms with E-state index in [0.29, 0.717) is 26.2 Å². The minimum absolute atomic E-state index is 0.0158. The number of carbonyl (C=O) groups excluding carboxylic acids is 2. The van der Waals surface area contributed by atoms with E-state index in [1.54, 1.807) is 56.3 Å². The number of amides is 2. The van der Waals surface area contributed by atoms with Gasteiger partial charge in [0.15, 0.2) is 0 Å². The average Bonchev–Trinajstić information content (AvgIpc) is 2.98. The smallest absolute Gasteiger partial charge is 0.264 e. The summed E-state index contributed by atoms with van der Waals surface area (Å²) in [5.74, 6) is -0.861. The Bertz CT molecular complexity index is 1580. The van der Waals surface area contributed by atoms with Crippen molar-refractivity contribution >= 4 is 62.3 Å². The standard InChI is InChI=1S/C32H36Cl3N3O4S/c1-21-9-14-27(15-10-21)43(41,42)38(30-18-25(33)13-11-22(30)2)20-31(39)37(19-24-12-16-28(34)29(35)17-24)23(3)32(40)36-26-7-5-4-6-8-26/h9-18,23,26H,4-8,19-20H2,1-3H3,(H,36,40)/t23-/m0/s1. The van der Waals surface area contributed by atoms with Gasteiger partial charge in [-0.25, -0.2) is 8.42 Å². The Balaban J connectivity index is 1.72. The van der Waals surface area contributed by atoms with E-state index in [9.17, 15) is 18.0 Å². The lowest BCUT2D eigenvalue weighted by Gasteiger charge is -2.33. The van der Waals surface area contributed by atoms with Gasteiger partial charge < -0.3 is 10.2 Å². The average molecular weight is 665 g/mol. The summed E-state index contributed by atoms with van der Waals surface area (Å²) in [7, 11) is -4.20. The van der Waals surface area contributed by atoms with E-state index in [1.165, 1.54) is 23.1 Å². The lowest BCUT2D eigenvalue weighted by atomic mass is 9.95. The highest BCUT2D eigenvalue weighted by Crippen LogP contribution is 2.31. The number of hydrogen-bond acceptors (Lipinski definition) is 4. The third-order valence-corrected chi connectivity index (χ3v) is 10.5. The summed E-state index contributed by atoms with van der Waals surface area (Å²) < 4.78 is 29.2. The molecular formula is C32H36Cl3N3O4S. The maximum atomic E-state index is 14.2. The van der Waals surface area contributed by atoms with Gasteiger partial charge in [0.05, 0.1) is 20.6 Å². The summed E-state index contributed by atoms with van der Waals surface area (Å²) in [5.41, 5.74) is 2.43. The van der Waals surface area contributed by atoms with Gasteiger partial charge in [-0.15, -0.1) is 0 Å². The third-order valence-electron chi connectivity index (χ3n) is 7.78. The van der Waals surface area contributed by atoms with Gasteiger partial charge in [-0.2, -0.15) is 0 Å². The third kappa shape index (κ3) is 8.24. The summed E-state index contributed by atoms with van der Waals surface area (Å²) in [6.07, 6.45) is 4.98. The van der Waals surface area contributed by atoms with Crippen LogP contribution in [0.2, 0.25) is 15.1 Å². The molecule has 0 aromatic heterocycles. The van der Waals surface area contributed by atoms with Crippen LogP contribution in [0.3, 0.4) is 0 Å². The summed E-state index contributed by atoms with van der Waals surface area (Å²) >= 11 is 18.7. The van der Waals surface area contributed by atoms with Crippen molar-refractivity contribution < 1.29 is 18.0 Å². The van der Waals surface area contributed by atoms with Crippen LogP contribution >= 0.6 is 34.8 Å². The van der Waals surface area contributed by atoms with Crippen molar-refractivity contribution in [2.45, 2.75) is 76.4 Å². The lowest BCUT2D eigenvalue weighted by Crippen LogP contribution is -2.53. The van der Waals surface area contributed by atoms with Crippen LogP contribution in [0, 0.1) is 13.8 Å². The molecule has 1 aliphatic carbocycles. The van der Waals surface area contributed by atoms with E-state index < -0.39 is 28.5 Å². The molecule has 0 radical (unpaired) electrons. The minimum atomic E-state index is -4.20. The molecular weight excluding hydrogens is 629 g/mol. The second kappa shape index (κ2) is 14.3. The Kier molecular flexibility index (Phi) is 11.0. The molecule has 7 nitrogen and oxygen atoms in total. The topological polar surface area (TPSA) is 86.8 Å². The number of nitrogens with one attached hydrogen (secondary N) is 1. The normalized spacial score (nSPS) is 14.7. The molecule has 3 aromatic carbocycles. The number of benzene rings is 3. The quantitative estimate of drug-likeness (QED) is 0.246. The number of anilines is 1. The molecule has 0 aliphatic heterocycles. The summed E-state index contributed by atoms with van der Waals surface area (Å²) in [5, 5.41) is 4.09. The van der Waals surface area contributed by atoms with Gasteiger partial charge >= 0.3 is 0 Å². The molecule has 4 rings (SSSR count). The van der Waals surface area contributed by atoms with Crippen LogP contribution in [0.15, 0.2) is 65.6 Å². The molecule has 230 valence electrons. The zero-order valence-electron chi connectivity index (χ0n) is 24.4. The zero-order valence-corrected chi connectivity index (χ0v) is 27.5. The second-order valence-corrected chi connectivity index (χ2v) is 14.2. The number of hydrogen-bond donors (Lipinski definition) is 1. The van der Waals surface area contributed by atoms with E-state index >= 15 is 0 Å². The Morgan fingerprint density at radius 1 is 0.907 bits per heavy atom. The van der Waals surface area contributed by atoms with E-state index in [-0.39, 0.29) is 29.1 Å². The second-order valence-electron chi connectivity index (χ2n) is 11.0. The molecule has 11 heteroatoms. The SMILES string of the molecule is Cc1ccc(S(=O)(=O)N(CC(=O)N(Cc2ccc(Cl)c(Cl)c2)[C@@H](C)C(=O)NC2CCCCC2)c2cc(Cl)ccc2C)cc1. The lowest BCUT2D eigenvalue weighted by molar-refractivity contribution is -0.139. The van der Waals surface area contributed by atoms with E-state index in [4.69, 9.17) is 34.8 Å². The van der Waals surface area contributed by atoms with Gasteiger partial charge in [0, 0.05) is 17.6 Å². The molecule has 1 N–H and O–H groups in total. The van der Waals surface area contributed by atoms with Crippen LogP contribution in [0.25, 0.3) is 0 Å². The van der Waals surface area contributed by atoms with E-state index in [1.807, 2.05) is 6.92 Å². The number of carbonyl (C=O) groups is 2. The number of aryl methyl sites for hydroxylation is 2. The van der Waals surface area contributed by atoms with Crippen molar-refractivity contribution in [3.05, 3.63) is 92.4 Å². The minimum Gasteiger partial charge on any atom is -0.352 e. The molecule has 3 aromatic rings. The molecule has 43 heavy (non-hydrogen) atoms. The fourth-order valence-electron chi connectivity index (χ4n) is 5.19. The van der Waals surface area contributed by atoms with Gasteiger partial charge in [-0.3, -0.25) is 13.9 Å². The highest BCUT2D eigenvalue weighted by molar-refractivity contribution is 7.92. The first-order chi connectivity index (χ1) is 20.4. The van der Waals surface area contributed by atoms with Crippen molar-refractivity contribution in [1.82, 2.24) is 10.2 Å². The van der Waals surface area contributed by atoms with Crippen molar-refractivity contribution in [2.24, 2.45) is 0 Å². The molecule has 0 heterocycles. The zero-order chi connectivity index (χ0) is 31.3. The van der Waals surface area contributed by atoms with Gasteiger partial charge in [-0.1, -0.05) is 83.9 Å². The number of halogens is 3. The number of rotatable bonds is 10.